The van der Waals surface area contributed by atoms with E-state index in [1.54, 1.807) is 13.8 Å². The van der Waals surface area contributed by atoms with Gasteiger partial charge < -0.3 is 18.9 Å². The first-order valence-corrected chi connectivity index (χ1v) is 8.09. The number of hydrogen-bond acceptors (Lipinski definition) is 5. The van der Waals surface area contributed by atoms with E-state index in [9.17, 15) is 18.0 Å². The maximum atomic E-state index is 12.7. The third-order valence-corrected chi connectivity index (χ3v) is 4.84. The number of ether oxygens (including phenoxy) is 4. The third kappa shape index (κ3) is 4.15. The molecular weight excluding hydrogens is 350 g/mol. The van der Waals surface area contributed by atoms with Crippen LogP contribution in [0.3, 0.4) is 0 Å². The Morgan fingerprint density at radius 3 is 2.27 bits per heavy atom. The van der Waals surface area contributed by atoms with Gasteiger partial charge in [0.1, 0.15) is 20.2 Å². The molecule has 140 valence electrons. The molecule has 0 bridgehead atoms. The Kier molecular flexibility index (Phi) is 5.72. The van der Waals surface area contributed by atoms with E-state index in [-0.39, 0.29) is 26.2 Å². The zero-order chi connectivity index (χ0) is 20.0. The van der Waals surface area contributed by atoms with Crippen molar-refractivity contribution < 1.29 is 36.9 Å². The summed E-state index contributed by atoms with van der Waals surface area (Å²) >= 11 is 0. The quantitative estimate of drug-likeness (QED) is 0.375. The number of hydrogen-bond donors (Lipinski definition) is 0. The molecule has 0 aromatic carbocycles. The number of epoxide rings is 1. The summed E-state index contributed by atoms with van der Waals surface area (Å²) in [6.45, 7) is 1.78. The molecule has 1 heterocycles. The summed E-state index contributed by atoms with van der Waals surface area (Å²) in [5.41, 5.74) is -3.86. The highest BCUT2D eigenvalue weighted by atomic mass is 19.4. The molecule has 6 radical (unpaired) electrons. The Hall–Kier alpha value is -0.505. The summed E-state index contributed by atoms with van der Waals surface area (Å²) in [6, 6.07) is 0. The molecular formula is C15H20B3F3O5. The molecule has 0 amide bonds. The van der Waals surface area contributed by atoms with Gasteiger partial charge in [0.15, 0.2) is 0 Å². The predicted octanol–water partition coefficient (Wildman–Crippen LogP) is 0.683. The molecule has 0 aromatic rings. The Balaban J connectivity index is 2.12. The van der Waals surface area contributed by atoms with Crippen molar-refractivity contribution >= 4 is 29.3 Å². The molecule has 3 atom stereocenters. The summed E-state index contributed by atoms with van der Waals surface area (Å²) in [5.74, 6) is -1.47. The van der Waals surface area contributed by atoms with Gasteiger partial charge in [0.25, 0.3) is 0 Å². The number of methoxy groups -OCH3 is 1. The minimum absolute atomic E-state index is 0.0309. The second kappa shape index (κ2) is 6.83. The Bertz CT molecular complexity index is 551. The molecule has 0 aromatic heterocycles. The molecule has 2 rings (SSSR count). The van der Waals surface area contributed by atoms with Crippen LogP contribution in [0.5, 0.6) is 0 Å². The lowest BCUT2D eigenvalue weighted by atomic mass is 9.37. The van der Waals surface area contributed by atoms with Gasteiger partial charge in [-0.15, -0.1) is 0 Å². The third-order valence-electron chi connectivity index (χ3n) is 4.84. The number of Topliss-reactive ketones (excluding diaryl/α,β-unsaturated/α-hetero) is 1. The van der Waals surface area contributed by atoms with E-state index in [4.69, 9.17) is 37.7 Å². The van der Waals surface area contributed by atoms with Crippen LogP contribution in [0, 0.1) is 5.92 Å². The van der Waals surface area contributed by atoms with Crippen molar-refractivity contribution in [3.63, 3.8) is 0 Å². The summed E-state index contributed by atoms with van der Waals surface area (Å²) < 4.78 is 57.4. The van der Waals surface area contributed by atoms with Crippen LogP contribution in [0.1, 0.15) is 20.3 Å². The lowest BCUT2D eigenvalue weighted by molar-refractivity contribution is -0.191. The average Bonchev–Trinajstić information content (AvgIpc) is 3.21. The average molecular weight is 370 g/mol. The van der Waals surface area contributed by atoms with E-state index in [1.807, 2.05) is 0 Å². The molecule has 1 spiro atoms. The van der Waals surface area contributed by atoms with Crippen molar-refractivity contribution in [1.82, 2.24) is 0 Å². The molecule has 26 heavy (non-hydrogen) atoms. The van der Waals surface area contributed by atoms with Crippen LogP contribution in [-0.4, -0.2) is 85.7 Å². The van der Waals surface area contributed by atoms with Crippen LogP contribution < -0.4 is 0 Å². The molecule has 2 fully saturated rings. The lowest BCUT2D eigenvalue weighted by Gasteiger charge is -2.55. The van der Waals surface area contributed by atoms with Gasteiger partial charge in [0.2, 0.25) is 0 Å². The molecule has 1 aliphatic heterocycles. The Morgan fingerprint density at radius 2 is 1.81 bits per heavy atom. The highest BCUT2D eigenvalue weighted by molar-refractivity contribution is 6.55. The molecule has 0 unspecified atom stereocenters. The van der Waals surface area contributed by atoms with Crippen molar-refractivity contribution in [3.05, 3.63) is 0 Å². The molecule has 5 nitrogen and oxygen atoms in total. The minimum Gasteiger partial charge on any atom is -0.380 e. The van der Waals surface area contributed by atoms with E-state index in [0.717, 1.165) is 0 Å². The van der Waals surface area contributed by atoms with Crippen LogP contribution in [0.25, 0.3) is 0 Å². The van der Waals surface area contributed by atoms with Crippen LogP contribution in [0.15, 0.2) is 0 Å². The van der Waals surface area contributed by atoms with Gasteiger partial charge in [-0.25, -0.2) is 0 Å². The summed E-state index contributed by atoms with van der Waals surface area (Å²) in [7, 11) is 19.3. The normalized spacial score (nSPS) is 34.2. The van der Waals surface area contributed by atoms with E-state index < -0.39 is 46.4 Å². The van der Waals surface area contributed by atoms with E-state index in [1.165, 1.54) is 7.11 Å². The van der Waals surface area contributed by atoms with Gasteiger partial charge in [-0.1, -0.05) is 0 Å². The standard InChI is InChI=1S/C15H20B3F3O5/c1-11(2,25-5-4-24-8-14(19,20)21)9-12(7-26-12)6-13(16,17)10(22)15(9,18)23-3/h9H,4-8H2,1-3H3/t9-,12+,15+/m1/s1. The highest BCUT2D eigenvalue weighted by Crippen LogP contribution is 2.59. The van der Waals surface area contributed by atoms with Gasteiger partial charge in [-0.3, -0.25) is 4.79 Å². The number of rotatable bonds is 7. The number of ketones is 1. The van der Waals surface area contributed by atoms with Crippen molar-refractivity contribution in [3.8, 4) is 0 Å². The van der Waals surface area contributed by atoms with Gasteiger partial charge in [-0.2, -0.15) is 13.2 Å². The molecule has 11 heteroatoms. The van der Waals surface area contributed by atoms with Crippen molar-refractivity contribution in [2.24, 2.45) is 5.92 Å². The van der Waals surface area contributed by atoms with Crippen molar-refractivity contribution in [2.75, 3.05) is 33.5 Å². The zero-order valence-electron chi connectivity index (χ0n) is 15.0. The predicted molar refractivity (Wildman–Crippen MR) is 88.4 cm³/mol. The SMILES string of the molecule is [B]C1([B])C[C@]2(CO2)[C@@H](C(C)(C)OCCOCC(F)(F)F)[C@]([B])(OC)C1=O. The summed E-state index contributed by atoms with van der Waals surface area (Å²) in [5, 5.41) is -1.72. The number of halogens is 3. The highest BCUT2D eigenvalue weighted by Gasteiger charge is 2.71. The Labute approximate surface area is 154 Å². The first-order chi connectivity index (χ1) is 11.7. The maximum absolute atomic E-state index is 12.7. The van der Waals surface area contributed by atoms with E-state index in [0.29, 0.717) is 0 Å². The first kappa shape index (κ1) is 21.8. The van der Waals surface area contributed by atoms with Gasteiger partial charge >= 0.3 is 6.18 Å². The van der Waals surface area contributed by atoms with Crippen molar-refractivity contribution in [2.45, 2.75) is 48.4 Å². The zero-order valence-corrected chi connectivity index (χ0v) is 15.0. The second-order valence-electron chi connectivity index (χ2n) is 7.45. The van der Waals surface area contributed by atoms with Gasteiger partial charge in [0, 0.05) is 13.0 Å². The van der Waals surface area contributed by atoms with Crippen LogP contribution >= 0.6 is 0 Å². The number of carbonyl (C=O) groups excluding carboxylic acids is 1. The van der Waals surface area contributed by atoms with Crippen LogP contribution in [0.2, 0.25) is 5.21 Å². The molecule has 1 saturated carbocycles. The first-order valence-electron chi connectivity index (χ1n) is 8.09. The maximum Gasteiger partial charge on any atom is 0.411 e. The number of alkyl halides is 3. The Morgan fingerprint density at radius 1 is 1.23 bits per heavy atom. The van der Waals surface area contributed by atoms with E-state index >= 15 is 0 Å². The van der Waals surface area contributed by atoms with Gasteiger partial charge in [-0.05, 0) is 25.5 Å². The van der Waals surface area contributed by atoms with Crippen LogP contribution in [0.4, 0.5) is 13.2 Å². The summed E-state index contributed by atoms with van der Waals surface area (Å²) in [6.07, 6.45) is -4.38. The molecule has 1 saturated heterocycles. The monoisotopic (exact) mass is 370 g/mol. The molecule has 2 aliphatic rings. The molecule has 1 aliphatic carbocycles. The fraction of sp³-hybridized carbons (Fsp3) is 0.933. The molecule has 0 N–H and O–H groups in total. The number of carbonyl (C=O) groups is 1. The topological polar surface area (TPSA) is 57.3 Å². The minimum atomic E-state index is -4.41. The van der Waals surface area contributed by atoms with E-state index in [2.05, 4.69) is 4.74 Å². The van der Waals surface area contributed by atoms with Gasteiger partial charge in [0.05, 0.1) is 52.2 Å². The second-order valence-corrected chi connectivity index (χ2v) is 7.45. The lowest BCUT2D eigenvalue weighted by Crippen LogP contribution is -2.68. The summed E-state index contributed by atoms with van der Waals surface area (Å²) in [4.78, 5) is 12.7. The fourth-order valence-corrected chi connectivity index (χ4v) is 3.92. The van der Waals surface area contributed by atoms with Crippen molar-refractivity contribution in [1.29, 1.82) is 0 Å². The largest absolute Gasteiger partial charge is 0.411 e. The smallest absolute Gasteiger partial charge is 0.380 e. The fourth-order valence-electron chi connectivity index (χ4n) is 3.92. The van der Waals surface area contributed by atoms with Crippen LogP contribution in [-0.2, 0) is 23.7 Å².